The van der Waals surface area contributed by atoms with E-state index < -0.39 is 17.3 Å². The minimum atomic E-state index is -1.31. The molecule has 0 saturated carbocycles. The van der Waals surface area contributed by atoms with E-state index in [1.54, 1.807) is 6.92 Å². The molecule has 0 aromatic carbocycles. The highest BCUT2D eigenvalue weighted by molar-refractivity contribution is 6.16. The number of rotatable bonds is 6. The van der Waals surface area contributed by atoms with E-state index in [4.69, 9.17) is 9.84 Å². The van der Waals surface area contributed by atoms with Gasteiger partial charge in [0.1, 0.15) is 18.4 Å². The van der Waals surface area contributed by atoms with E-state index in [1.165, 1.54) is 7.11 Å². The summed E-state index contributed by atoms with van der Waals surface area (Å²) < 4.78 is 9.21. The van der Waals surface area contributed by atoms with Crippen molar-refractivity contribution in [1.82, 2.24) is 0 Å². The standard InChI is InChI=1S/C8H12O5/c1-3-13-4-6(8(10)11)7(9)5-12-2/h4H,3,5H2,1-2H3,(H,10,11). The number of carboxylic acid groups (broad SMARTS) is 1. The molecular weight excluding hydrogens is 176 g/mol. The number of ether oxygens (including phenoxy) is 2. The average Bonchev–Trinajstić information content (AvgIpc) is 2.05. The maximum absolute atomic E-state index is 11.0. The molecule has 13 heavy (non-hydrogen) atoms. The maximum atomic E-state index is 11.0. The van der Waals surface area contributed by atoms with Gasteiger partial charge in [-0.1, -0.05) is 0 Å². The van der Waals surface area contributed by atoms with Crippen LogP contribution in [0.4, 0.5) is 0 Å². The van der Waals surface area contributed by atoms with Crippen molar-refractivity contribution >= 4 is 11.8 Å². The molecule has 0 radical (unpaired) electrons. The Morgan fingerprint density at radius 2 is 2.08 bits per heavy atom. The average molecular weight is 188 g/mol. The summed E-state index contributed by atoms with van der Waals surface area (Å²) in [6.07, 6.45) is 0.934. The van der Waals surface area contributed by atoms with Crippen LogP contribution in [0.5, 0.6) is 0 Å². The van der Waals surface area contributed by atoms with Crippen LogP contribution in [-0.2, 0) is 19.1 Å². The van der Waals surface area contributed by atoms with E-state index in [9.17, 15) is 9.59 Å². The van der Waals surface area contributed by atoms with E-state index in [1.807, 2.05) is 0 Å². The van der Waals surface area contributed by atoms with Crippen LogP contribution in [0.25, 0.3) is 0 Å². The van der Waals surface area contributed by atoms with Crippen LogP contribution in [0.1, 0.15) is 6.92 Å². The van der Waals surface area contributed by atoms with E-state index in [0.29, 0.717) is 6.61 Å². The molecule has 0 aliphatic heterocycles. The molecule has 0 bridgehead atoms. The molecule has 0 heterocycles. The van der Waals surface area contributed by atoms with Crippen molar-refractivity contribution in [3.63, 3.8) is 0 Å². The molecule has 0 atom stereocenters. The number of aliphatic carboxylic acids is 1. The lowest BCUT2D eigenvalue weighted by atomic mass is 10.2. The molecule has 0 fully saturated rings. The molecule has 0 unspecified atom stereocenters. The van der Waals surface area contributed by atoms with Gasteiger partial charge in [-0.2, -0.15) is 0 Å². The number of carbonyl (C=O) groups is 2. The Morgan fingerprint density at radius 3 is 2.46 bits per heavy atom. The highest BCUT2D eigenvalue weighted by Crippen LogP contribution is 1.98. The zero-order valence-electron chi connectivity index (χ0n) is 7.57. The lowest BCUT2D eigenvalue weighted by Gasteiger charge is -2.00. The SMILES string of the molecule is CCOC=C(C(=O)O)C(=O)COC. The van der Waals surface area contributed by atoms with Crippen LogP contribution in [0.3, 0.4) is 0 Å². The molecule has 0 saturated heterocycles. The van der Waals surface area contributed by atoms with Gasteiger partial charge in [0, 0.05) is 7.11 Å². The van der Waals surface area contributed by atoms with Crippen molar-refractivity contribution in [3.05, 3.63) is 11.8 Å². The predicted octanol–water partition coefficient (Wildman–Crippen LogP) is 0.207. The molecule has 5 nitrogen and oxygen atoms in total. The Kier molecular flexibility index (Phi) is 5.54. The van der Waals surface area contributed by atoms with Crippen LogP contribution in [0, 0.1) is 0 Å². The van der Waals surface area contributed by atoms with Gasteiger partial charge in [0.05, 0.1) is 6.61 Å². The minimum absolute atomic E-state index is 0.259. The second-order valence-corrected chi connectivity index (χ2v) is 2.15. The first kappa shape index (κ1) is 11.6. The molecule has 0 aromatic rings. The van der Waals surface area contributed by atoms with Gasteiger partial charge in [0.15, 0.2) is 5.78 Å². The molecule has 5 heteroatoms. The van der Waals surface area contributed by atoms with Gasteiger partial charge < -0.3 is 14.6 Å². The normalized spacial score (nSPS) is 11.1. The molecule has 0 aliphatic rings. The van der Waals surface area contributed by atoms with Crippen LogP contribution in [-0.4, -0.2) is 37.2 Å². The third-order valence-corrected chi connectivity index (χ3v) is 1.17. The van der Waals surface area contributed by atoms with Crippen LogP contribution in [0.15, 0.2) is 11.8 Å². The van der Waals surface area contributed by atoms with Gasteiger partial charge in [-0.05, 0) is 6.92 Å². The van der Waals surface area contributed by atoms with Crippen molar-refractivity contribution in [2.75, 3.05) is 20.3 Å². The molecule has 0 amide bonds. The topological polar surface area (TPSA) is 72.8 Å². The fourth-order valence-corrected chi connectivity index (χ4v) is 0.611. The van der Waals surface area contributed by atoms with Gasteiger partial charge in [-0.3, -0.25) is 4.79 Å². The van der Waals surface area contributed by atoms with Crippen LogP contribution < -0.4 is 0 Å². The second kappa shape index (κ2) is 6.19. The third-order valence-electron chi connectivity index (χ3n) is 1.17. The first-order valence-electron chi connectivity index (χ1n) is 3.70. The van der Waals surface area contributed by atoms with Crippen molar-refractivity contribution in [3.8, 4) is 0 Å². The van der Waals surface area contributed by atoms with Crippen molar-refractivity contribution < 1.29 is 24.2 Å². The Bertz CT molecular complexity index is 219. The van der Waals surface area contributed by atoms with Crippen molar-refractivity contribution in [2.45, 2.75) is 6.92 Å². The van der Waals surface area contributed by atoms with Crippen molar-refractivity contribution in [1.29, 1.82) is 0 Å². The quantitative estimate of drug-likeness (QED) is 0.279. The number of carbonyl (C=O) groups excluding carboxylic acids is 1. The summed E-state index contributed by atoms with van der Waals surface area (Å²) in [5.74, 6) is -1.92. The van der Waals surface area contributed by atoms with Gasteiger partial charge in [-0.25, -0.2) is 4.79 Å². The summed E-state index contributed by atoms with van der Waals surface area (Å²) in [7, 11) is 1.32. The maximum Gasteiger partial charge on any atom is 0.342 e. The molecule has 0 aliphatic carbocycles. The lowest BCUT2D eigenvalue weighted by molar-refractivity contribution is -0.135. The predicted molar refractivity (Wildman–Crippen MR) is 44.2 cm³/mol. The Labute approximate surface area is 75.9 Å². The van der Waals surface area contributed by atoms with Crippen LogP contribution >= 0.6 is 0 Å². The molecule has 74 valence electrons. The van der Waals surface area contributed by atoms with Gasteiger partial charge in [0.2, 0.25) is 0 Å². The third kappa shape index (κ3) is 4.27. The zero-order valence-corrected chi connectivity index (χ0v) is 7.57. The summed E-state index contributed by atoms with van der Waals surface area (Å²) in [4.78, 5) is 21.5. The number of hydrogen-bond acceptors (Lipinski definition) is 4. The Hall–Kier alpha value is -1.36. The number of Topliss-reactive ketones (excluding diaryl/α,β-unsaturated/α-hetero) is 1. The monoisotopic (exact) mass is 188 g/mol. The summed E-state index contributed by atoms with van der Waals surface area (Å²) >= 11 is 0. The first-order chi connectivity index (χ1) is 6.13. The highest BCUT2D eigenvalue weighted by Gasteiger charge is 2.17. The summed E-state index contributed by atoms with van der Waals surface area (Å²) in [5.41, 5.74) is -0.399. The van der Waals surface area contributed by atoms with E-state index in [0.717, 1.165) is 6.26 Å². The highest BCUT2D eigenvalue weighted by atomic mass is 16.5. The van der Waals surface area contributed by atoms with Gasteiger partial charge in [-0.15, -0.1) is 0 Å². The Balaban J connectivity index is 4.41. The van der Waals surface area contributed by atoms with Gasteiger partial charge >= 0.3 is 5.97 Å². The van der Waals surface area contributed by atoms with E-state index in [-0.39, 0.29) is 6.61 Å². The number of ketones is 1. The first-order valence-corrected chi connectivity index (χ1v) is 3.70. The largest absolute Gasteiger partial charge is 0.500 e. The smallest absolute Gasteiger partial charge is 0.342 e. The lowest BCUT2D eigenvalue weighted by Crippen LogP contribution is -2.17. The van der Waals surface area contributed by atoms with E-state index >= 15 is 0 Å². The summed E-state index contributed by atoms with van der Waals surface area (Å²) in [6.45, 7) is 1.75. The van der Waals surface area contributed by atoms with Gasteiger partial charge in [0.25, 0.3) is 0 Å². The molecule has 0 aromatic heterocycles. The summed E-state index contributed by atoms with van der Waals surface area (Å²) in [6, 6.07) is 0. The molecule has 0 rings (SSSR count). The minimum Gasteiger partial charge on any atom is -0.500 e. The summed E-state index contributed by atoms with van der Waals surface area (Å²) in [5, 5.41) is 8.57. The Morgan fingerprint density at radius 1 is 1.46 bits per heavy atom. The molecule has 1 N–H and O–H groups in total. The molecule has 0 spiro atoms. The number of methoxy groups -OCH3 is 1. The fraction of sp³-hybridized carbons (Fsp3) is 0.500. The molecular formula is C8H12O5. The second-order valence-electron chi connectivity index (χ2n) is 2.15. The number of carboxylic acids is 1. The van der Waals surface area contributed by atoms with Crippen molar-refractivity contribution in [2.24, 2.45) is 0 Å². The fourth-order valence-electron chi connectivity index (χ4n) is 0.611. The van der Waals surface area contributed by atoms with Crippen LogP contribution in [0.2, 0.25) is 0 Å². The van der Waals surface area contributed by atoms with E-state index in [2.05, 4.69) is 4.74 Å². The number of hydrogen-bond donors (Lipinski definition) is 1. The zero-order chi connectivity index (χ0) is 10.3.